The minimum Gasteiger partial charge on any atom is -0.309 e. The van der Waals surface area contributed by atoms with Gasteiger partial charge >= 0.3 is 0 Å². The minimum absolute atomic E-state index is 0.0419. The van der Waals surface area contributed by atoms with Crippen LogP contribution in [0, 0.1) is 0 Å². The van der Waals surface area contributed by atoms with Gasteiger partial charge in [0, 0.05) is 31.2 Å². The summed E-state index contributed by atoms with van der Waals surface area (Å²) in [6, 6.07) is 0.646. The summed E-state index contributed by atoms with van der Waals surface area (Å²) in [6.45, 7) is 4.91. The number of hydrogen-bond donors (Lipinski definition) is 2. The van der Waals surface area contributed by atoms with E-state index in [4.69, 9.17) is 0 Å². The fourth-order valence-corrected chi connectivity index (χ4v) is 4.03. The monoisotopic (exact) mass is 247 g/mol. The van der Waals surface area contributed by atoms with E-state index in [0.29, 0.717) is 25.2 Å². The van der Waals surface area contributed by atoms with Crippen LogP contribution in [0.1, 0.15) is 33.1 Å². The van der Waals surface area contributed by atoms with Gasteiger partial charge in [0.05, 0.1) is 0 Å². The Labute approximate surface area is 97.8 Å². The van der Waals surface area contributed by atoms with Crippen LogP contribution in [0.3, 0.4) is 0 Å². The van der Waals surface area contributed by atoms with E-state index in [1.54, 1.807) is 4.31 Å². The molecule has 0 aromatic carbocycles. The van der Waals surface area contributed by atoms with E-state index in [1.165, 1.54) is 6.42 Å². The highest BCUT2D eigenvalue weighted by atomic mass is 32.2. The van der Waals surface area contributed by atoms with Crippen LogP contribution in [0.15, 0.2) is 0 Å². The molecule has 5 nitrogen and oxygen atoms in total. The molecule has 2 unspecified atom stereocenters. The largest absolute Gasteiger partial charge is 0.309 e. The maximum Gasteiger partial charge on any atom is 0.279 e. The molecule has 2 aliphatic rings. The summed E-state index contributed by atoms with van der Waals surface area (Å²) >= 11 is 0. The molecule has 0 radical (unpaired) electrons. The van der Waals surface area contributed by atoms with Gasteiger partial charge in [-0.05, 0) is 26.7 Å². The molecule has 2 fully saturated rings. The van der Waals surface area contributed by atoms with E-state index in [-0.39, 0.29) is 6.04 Å². The Balaban J connectivity index is 2.04. The molecule has 2 aliphatic heterocycles. The van der Waals surface area contributed by atoms with E-state index in [1.807, 2.05) is 13.8 Å². The minimum atomic E-state index is -3.28. The number of piperidine rings is 1. The van der Waals surface area contributed by atoms with Crippen molar-refractivity contribution < 1.29 is 8.42 Å². The molecule has 2 heterocycles. The molecule has 94 valence electrons. The van der Waals surface area contributed by atoms with Gasteiger partial charge in [0.25, 0.3) is 10.2 Å². The standard InChI is InChI=1S/C10H21N3O2S/c1-8(2)12-16(14,15)13-6-9-4-3-5-10(7-13)11-9/h8-12H,3-7H2,1-2H3. The number of hydrogen-bond acceptors (Lipinski definition) is 3. The van der Waals surface area contributed by atoms with Gasteiger partial charge in [-0.1, -0.05) is 6.42 Å². The zero-order valence-electron chi connectivity index (χ0n) is 9.94. The molecule has 0 aromatic rings. The lowest BCUT2D eigenvalue weighted by Gasteiger charge is -2.41. The lowest BCUT2D eigenvalue weighted by Crippen LogP contribution is -2.61. The molecule has 0 saturated carbocycles. The Bertz CT molecular complexity index is 330. The molecular weight excluding hydrogens is 226 g/mol. The van der Waals surface area contributed by atoms with Crippen LogP contribution in [0.2, 0.25) is 0 Å². The van der Waals surface area contributed by atoms with Gasteiger partial charge in [0.2, 0.25) is 0 Å². The molecule has 0 aliphatic carbocycles. The fraction of sp³-hybridized carbons (Fsp3) is 1.00. The van der Waals surface area contributed by atoms with Crippen LogP contribution in [0.4, 0.5) is 0 Å². The average Bonchev–Trinajstić information content (AvgIpc) is 2.14. The Morgan fingerprint density at radius 1 is 1.25 bits per heavy atom. The second kappa shape index (κ2) is 4.60. The number of nitrogens with one attached hydrogen (secondary N) is 2. The number of rotatable bonds is 3. The summed E-state index contributed by atoms with van der Waals surface area (Å²) in [5.41, 5.74) is 0. The summed E-state index contributed by atoms with van der Waals surface area (Å²) in [5.74, 6) is 0. The smallest absolute Gasteiger partial charge is 0.279 e. The van der Waals surface area contributed by atoms with Gasteiger partial charge in [-0.15, -0.1) is 0 Å². The summed E-state index contributed by atoms with van der Waals surface area (Å²) in [5, 5.41) is 3.47. The highest BCUT2D eigenvalue weighted by Gasteiger charge is 2.35. The van der Waals surface area contributed by atoms with Crippen molar-refractivity contribution in [2.45, 2.75) is 51.2 Å². The second-order valence-corrected chi connectivity index (χ2v) is 6.79. The van der Waals surface area contributed by atoms with Crippen molar-refractivity contribution in [3.8, 4) is 0 Å². The molecule has 2 N–H and O–H groups in total. The van der Waals surface area contributed by atoms with Crippen molar-refractivity contribution in [2.24, 2.45) is 0 Å². The highest BCUT2D eigenvalue weighted by Crippen LogP contribution is 2.21. The van der Waals surface area contributed by atoms with Crippen LogP contribution in [-0.4, -0.2) is 43.9 Å². The predicted molar refractivity (Wildman–Crippen MR) is 63.3 cm³/mol. The third kappa shape index (κ3) is 2.74. The van der Waals surface area contributed by atoms with Crippen LogP contribution in [0.25, 0.3) is 0 Å². The number of nitrogens with zero attached hydrogens (tertiary/aromatic N) is 1. The third-order valence-electron chi connectivity index (χ3n) is 3.15. The zero-order chi connectivity index (χ0) is 11.8. The normalized spacial score (nSPS) is 31.9. The van der Waals surface area contributed by atoms with E-state index < -0.39 is 10.2 Å². The SMILES string of the molecule is CC(C)NS(=O)(=O)N1CC2CCCC(C1)N2. The van der Waals surface area contributed by atoms with Gasteiger partial charge < -0.3 is 5.32 Å². The lowest BCUT2D eigenvalue weighted by molar-refractivity contribution is 0.188. The molecule has 16 heavy (non-hydrogen) atoms. The fourth-order valence-electron chi connectivity index (χ4n) is 2.53. The number of fused-ring (bicyclic) bond motifs is 2. The first-order valence-electron chi connectivity index (χ1n) is 6.01. The van der Waals surface area contributed by atoms with Gasteiger partial charge in [-0.25, -0.2) is 0 Å². The van der Waals surface area contributed by atoms with Crippen LogP contribution < -0.4 is 10.0 Å². The van der Waals surface area contributed by atoms with Crippen molar-refractivity contribution in [3.63, 3.8) is 0 Å². The topological polar surface area (TPSA) is 61.4 Å². The van der Waals surface area contributed by atoms with Crippen LogP contribution >= 0.6 is 0 Å². The van der Waals surface area contributed by atoms with E-state index in [2.05, 4.69) is 10.0 Å². The quantitative estimate of drug-likeness (QED) is 0.741. The maximum atomic E-state index is 12.0. The Morgan fingerprint density at radius 3 is 2.31 bits per heavy atom. The Hall–Kier alpha value is -0.170. The van der Waals surface area contributed by atoms with Gasteiger partial charge in [-0.3, -0.25) is 0 Å². The first-order chi connectivity index (χ1) is 7.47. The van der Waals surface area contributed by atoms with E-state index >= 15 is 0 Å². The molecule has 6 heteroatoms. The Kier molecular flexibility index (Phi) is 3.53. The van der Waals surface area contributed by atoms with E-state index in [0.717, 1.165) is 12.8 Å². The molecule has 0 aromatic heterocycles. The second-order valence-electron chi connectivity index (χ2n) is 5.09. The summed E-state index contributed by atoms with van der Waals surface area (Å²) in [6.07, 6.45) is 3.39. The molecule has 2 saturated heterocycles. The highest BCUT2D eigenvalue weighted by molar-refractivity contribution is 7.87. The first-order valence-corrected chi connectivity index (χ1v) is 7.45. The van der Waals surface area contributed by atoms with Gasteiger partial charge in [0.15, 0.2) is 0 Å². The molecule has 0 amide bonds. The summed E-state index contributed by atoms with van der Waals surface area (Å²) in [7, 11) is -3.28. The van der Waals surface area contributed by atoms with Crippen molar-refractivity contribution in [2.75, 3.05) is 13.1 Å². The van der Waals surface area contributed by atoms with Crippen molar-refractivity contribution in [3.05, 3.63) is 0 Å². The number of piperazine rings is 1. The molecule has 0 spiro atoms. The van der Waals surface area contributed by atoms with Crippen LogP contribution in [0.5, 0.6) is 0 Å². The summed E-state index contributed by atoms with van der Waals surface area (Å²) in [4.78, 5) is 0. The predicted octanol–water partition coefficient (Wildman–Crippen LogP) is 0.0555. The zero-order valence-corrected chi connectivity index (χ0v) is 10.8. The molecule has 2 atom stereocenters. The average molecular weight is 247 g/mol. The molecule has 2 rings (SSSR count). The van der Waals surface area contributed by atoms with Crippen molar-refractivity contribution >= 4 is 10.2 Å². The summed E-state index contributed by atoms with van der Waals surface area (Å²) < 4.78 is 28.3. The van der Waals surface area contributed by atoms with Gasteiger partial charge in [0.1, 0.15) is 0 Å². The molecule has 2 bridgehead atoms. The van der Waals surface area contributed by atoms with Crippen molar-refractivity contribution in [1.82, 2.24) is 14.3 Å². The lowest BCUT2D eigenvalue weighted by atomic mass is 9.96. The maximum absolute atomic E-state index is 12.0. The van der Waals surface area contributed by atoms with E-state index in [9.17, 15) is 8.42 Å². The third-order valence-corrected chi connectivity index (χ3v) is 4.90. The van der Waals surface area contributed by atoms with Crippen molar-refractivity contribution in [1.29, 1.82) is 0 Å². The molecular formula is C10H21N3O2S. The van der Waals surface area contributed by atoms with Gasteiger partial charge in [-0.2, -0.15) is 17.4 Å². The first kappa shape index (κ1) is 12.3. The van der Waals surface area contributed by atoms with Crippen LogP contribution in [-0.2, 0) is 10.2 Å². The Morgan fingerprint density at radius 2 is 1.81 bits per heavy atom.